The van der Waals surface area contributed by atoms with Gasteiger partial charge in [0.1, 0.15) is 11.6 Å². The summed E-state index contributed by atoms with van der Waals surface area (Å²) in [6.07, 6.45) is 2.16. The highest BCUT2D eigenvalue weighted by atomic mass is 19.1. The Labute approximate surface area is 184 Å². The second-order valence-electron chi connectivity index (χ2n) is 8.07. The molecule has 0 bridgehead atoms. The van der Waals surface area contributed by atoms with Crippen LogP contribution in [0.15, 0.2) is 42.6 Å². The summed E-state index contributed by atoms with van der Waals surface area (Å²) in [4.78, 5) is 23.6. The molecule has 0 saturated carbocycles. The number of morpholine rings is 1. The Morgan fingerprint density at radius 3 is 2.72 bits per heavy atom. The maximum Gasteiger partial charge on any atom is 0.253 e. The lowest BCUT2D eigenvalue weighted by Crippen LogP contribution is -2.43. The standard InChI is InChI=1S/C24H22F2N4O2/c1-14-13-32-8-7-30(14)17-6-5-16(27-11-17)9-15-10-20(23-18(25)3-2-4-19(23)26)29-21-12-28-24(31)22(15)21/h2-6,10-11,14H,7-9,12-13H2,1H3,(H,28,31)/t14-/m0/s1. The van der Waals surface area contributed by atoms with Gasteiger partial charge in [0.25, 0.3) is 5.91 Å². The second kappa shape index (κ2) is 8.27. The Bertz CT molecular complexity index is 1160. The lowest BCUT2D eigenvalue weighted by atomic mass is 9.98. The van der Waals surface area contributed by atoms with Crippen molar-refractivity contribution < 1.29 is 18.3 Å². The molecule has 32 heavy (non-hydrogen) atoms. The van der Waals surface area contributed by atoms with Crippen LogP contribution in [0.2, 0.25) is 0 Å². The molecule has 1 aromatic carbocycles. The Hall–Kier alpha value is -3.39. The first-order valence-corrected chi connectivity index (χ1v) is 10.6. The molecule has 1 N–H and O–H groups in total. The van der Waals surface area contributed by atoms with Crippen molar-refractivity contribution in [1.82, 2.24) is 15.3 Å². The molecule has 0 spiro atoms. The molecule has 0 unspecified atom stereocenters. The van der Waals surface area contributed by atoms with Crippen LogP contribution >= 0.6 is 0 Å². The number of nitrogens with zero attached hydrogens (tertiary/aromatic N) is 3. The van der Waals surface area contributed by atoms with Crippen LogP contribution < -0.4 is 10.2 Å². The van der Waals surface area contributed by atoms with E-state index in [4.69, 9.17) is 4.74 Å². The molecule has 0 radical (unpaired) electrons. The number of aromatic nitrogens is 2. The van der Waals surface area contributed by atoms with Crippen molar-refractivity contribution in [2.24, 2.45) is 0 Å². The molecule has 8 heteroatoms. The quantitative estimate of drug-likeness (QED) is 0.678. The van der Waals surface area contributed by atoms with E-state index in [0.717, 1.165) is 17.9 Å². The third kappa shape index (κ3) is 3.71. The molecule has 4 heterocycles. The van der Waals surface area contributed by atoms with Crippen molar-refractivity contribution in [1.29, 1.82) is 0 Å². The SMILES string of the molecule is C[C@H]1COCCN1c1ccc(Cc2cc(-c3c(F)cccc3F)nc3c2C(=O)NC3)nc1. The number of anilines is 1. The minimum Gasteiger partial charge on any atom is -0.377 e. The van der Waals surface area contributed by atoms with Crippen LogP contribution in [0.3, 0.4) is 0 Å². The zero-order chi connectivity index (χ0) is 22.2. The largest absolute Gasteiger partial charge is 0.377 e. The number of carbonyl (C=O) groups is 1. The van der Waals surface area contributed by atoms with Gasteiger partial charge in [-0.3, -0.25) is 9.78 Å². The van der Waals surface area contributed by atoms with E-state index in [1.54, 1.807) is 6.07 Å². The molecule has 1 fully saturated rings. The van der Waals surface area contributed by atoms with Crippen molar-refractivity contribution in [3.05, 3.63) is 76.7 Å². The van der Waals surface area contributed by atoms with E-state index in [1.807, 2.05) is 18.3 Å². The molecule has 2 aliphatic heterocycles. The van der Waals surface area contributed by atoms with Gasteiger partial charge in [-0.05, 0) is 42.8 Å². The minimum absolute atomic E-state index is 0.171. The first kappa shape index (κ1) is 20.5. The van der Waals surface area contributed by atoms with E-state index >= 15 is 0 Å². The van der Waals surface area contributed by atoms with Gasteiger partial charge in [0.2, 0.25) is 0 Å². The Morgan fingerprint density at radius 1 is 1.19 bits per heavy atom. The van der Waals surface area contributed by atoms with Gasteiger partial charge < -0.3 is 15.0 Å². The first-order valence-electron chi connectivity index (χ1n) is 10.6. The molecule has 6 nitrogen and oxygen atoms in total. The summed E-state index contributed by atoms with van der Waals surface area (Å²) in [5.74, 6) is -1.62. The zero-order valence-electron chi connectivity index (χ0n) is 17.6. The van der Waals surface area contributed by atoms with Gasteiger partial charge in [0.15, 0.2) is 0 Å². The lowest BCUT2D eigenvalue weighted by molar-refractivity contribution is 0.0965. The number of carbonyl (C=O) groups excluding carboxylic acids is 1. The monoisotopic (exact) mass is 436 g/mol. The highest BCUT2D eigenvalue weighted by Gasteiger charge is 2.27. The van der Waals surface area contributed by atoms with Crippen molar-refractivity contribution in [2.75, 3.05) is 24.7 Å². The normalized spacial score (nSPS) is 17.9. The van der Waals surface area contributed by atoms with Crippen molar-refractivity contribution in [3.8, 4) is 11.3 Å². The van der Waals surface area contributed by atoms with E-state index in [2.05, 4.69) is 27.1 Å². The van der Waals surface area contributed by atoms with Crippen molar-refractivity contribution >= 4 is 11.6 Å². The van der Waals surface area contributed by atoms with Crippen LogP contribution in [-0.2, 0) is 17.7 Å². The third-order valence-electron chi connectivity index (χ3n) is 5.92. The summed E-state index contributed by atoms with van der Waals surface area (Å²) in [6.45, 7) is 4.49. The topological polar surface area (TPSA) is 67.3 Å². The summed E-state index contributed by atoms with van der Waals surface area (Å²) in [7, 11) is 0. The van der Waals surface area contributed by atoms with Gasteiger partial charge in [0, 0.05) is 24.7 Å². The van der Waals surface area contributed by atoms with Crippen LogP contribution in [0.25, 0.3) is 11.3 Å². The fourth-order valence-electron chi connectivity index (χ4n) is 4.32. The molecule has 164 valence electrons. The molecule has 2 aromatic heterocycles. The number of nitrogens with one attached hydrogen (secondary N) is 1. The molecule has 0 aliphatic carbocycles. The van der Waals surface area contributed by atoms with Crippen LogP contribution in [0.4, 0.5) is 14.5 Å². The van der Waals surface area contributed by atoms with Crippen LogP contribution in [0.5, 0.6) is 0 Å². The summed E-state index contributed by atoms with van der Waals surface area (Å²) >= 11 is 0. The van der Waals surface area contributed by atoms with Gasteiger partial charge in [-0.15, -0.1) is 0 Å². The zero-order valence-corrected chi connectivity index (χ0v) is 17.6. The van der Waals surface area contributed by atoms with Gasteiger partial charge >= 0.3 is 0 Å². The highest BCUT2D eigenvalue weighted by molar-refractivity contribution is 5.99. The Balaban J connectivity index is 1.49. The number of rotatable bonds is 4. The van der Waals surface area contributed by atoms with Crippen molar-refractivity contribution in [3.63, 3.8) is 0 Å². The van der Waals surface area contributed by atoms with E-state index in [0.29, 0.717) is 36.5 Å². The molecule has 2 aliphatic rings. The number of hydrogen-bond donors (Lipinski definition) is 1. The smallest absolute Gasteiger partial charge is 0.253 e. The van der Waals surface area contributed by atoms with Gasteiger partial charge in [0.05, 0.1) is 54.2 Å². The van der Waals surface area contributed by atoms with Crippen LogP contribution in [0.1, 0.15) is 34.2 Å². The summed E-state index contributed by atoms with van der Waals surface area (Å²) in [6, 6.07) is 9.48. The number of amides is 1. The predicted octanol–water partition coefficient (Wildman–Crippen LogP) is 3.48. The number of pyridine rings is 2. The van der Waals surface area contributed by atoms with Crippen LogP contribution in [-0.4, -0.2) is 41.7 Å². The van der Waals surface area contributed by atoms with Crippen molar-refractivity contribution in [2.45, 2.75) is 25.9 Å². The Kier molecular flexibility index (Phi) is 5.30. The summed E-state index contributed by atoms with van der Waals surface area (Å²) in [5, 5.41) is 2.75. The molecule has 5 rings (SSSR count). The number of hydrogen-bond acceptors (Lipinski definition) is 5. The molecule has 1 saturated heterocycles. The average molecular weight is 436 g/mol. The maximum absolute atomic E-state index is 14.4. The van der Waals surface area contributed by atoms with E-state index < -0.39 is 11.6 Å². The van der Waals surface area contributed by atoms with E-state index in [9.17, 15) is 13.6 Å². The van der Waals surface area contributed by atoms with Crippen LogP contribution in [0, 0.1) is 11.6 Å². The Morgan fingerprint density at radius 2 is 2.00 bits per heavy atom. The fraction of sp³-hybridized carbons (Fsp3) is 0.292. The second-order valence-corrected chi connectivity index (χ2v) is 8.07. The number of halogens is 2. The van der Waals surface area contributed by atoms with E-state index in [-0.39, 0.29) is 29.8 Å². The molecular formula is C24H22F2N4O2. The first-order chi connectivity index (χ1) is 15.5. The lowest BCUT2D eigenvalue weighted by Gasteiger charge is -2.35. The number of fused-ring (bicyclic) bond motifs is 1. The molecule has 1 atom stereocenters. The van der Waals surface area contributed by atoms with Gasteiger partial charge in [-0.2, -0.15) is 0 Å². The third-order valence-corrected chi connectivity index (χ3v) is 5.92. The fourth-order valence-corrected chi connectivity index (χ4v) is 4.32. The molecule has 3 aromatic rings. The highest BCUT2D eigenvalue weighted by Crippen LogP contribution is 2.30. The number of benzene rings is 1. The van der Waals surface area contributed by atoms with E-state index in [1.165, 1.54) is 18.2 Å². The summed E-state index contributed by atoms with van der Waals surface area (Å²) in [5.41, 5.74) is 3.33. The minimum atomic E-state index is -0.692. The predicted molar refractivity (Wildman–Crippen MR) is 115 cm³/mol. The number of ether oxygens (including phenoxy) is 1. The molecule has 1 amide bonds. The van der Waals surface area contributed by atoms with Gasteiger partial charge in [-0.25, -0.2) is 13.8 Å². The maximum atomic E-state index is 14.4. The average Bonchev–Trinajstić information content (AvgIpc) is 3.16. The van der Waals surface area contributed by atoms with Gasteiger partial charge in [-0.1, -0.05) is 6.07 Å². The molecular weight excluding hydrogens is 414 g/mol. The summed E-state index contributed by atoms with van der Waals surface area (Å²) < 4.78 is 34.3.